The maximum atomic E-state index is 12.9. The van der Waals surface area contributed by atoms with Crippen LogP contribution in [-0.2, 0) is 15.9 Å². The number of benzene rings is 1. The predicted molar refractivity (Wildman–Crippen MR) is 77.6 cm³/mol. The van der Waals surface area contributed by atoms with Crippen molar-refractivity contribution in [1.29, 1.82) is 0 Å². The maximum Gasteiger partial charge on any atom is 0.247 e. The van der Waals surface area contributed by atoms with Gasteiger partial charge in [-0.15, -0.1) is 11.6 Å². The van der Waals surface area contributed by atoms with E-state index in [1.165, 1.54) is 7.11 Å². The maximum absolute atomic E-state index is 12.9. The second-order valence-electron chi connectivity index (χ2n) is 5.53. The van der Waals surface area contributed by atoms with Crippen molar-refractivity contribution in [2.75, 3.05) is 13.7 Å². The second kappa shape index (κ2) is 5.20. The van der Waals surface area contributed by atoms with Gasteiger partial charge in [0.25, 0.3) is 0 Å². The predicted octanol–water partition coefficient (Wildman–Crippen LogP) is 2.61. The Labute approximate surface area is 124 Å². The van der Waals surface area contributed by atoms with Crippen molar-refractivity contribution in [3.05, 3.63) is 23.8 Å². The van der Waals surface area contributed by atoms with Gasteiger partial charge in [0.05, 0.1) is 7.11 Å². The van der Waals surface area contributed by atoms with Crippen LogP contribution in [0.5, 0.6) is 5.75 Å². The van der Waals surface area contributed by atoms with Gasteiger partial charge in [-0.05, 0) is 42.9 Å². The van der Waals surface area contributed by atoms with Gasteiger partial charge in [0.1, 0.15) is 10.6 Å². The summed E-state index contributed by atoms with van der Waals surface area (Å²) >= 11 is 5.82. The summed E-state index contributed by atoms with van der Waals surface area (Å²) in [5.74, 6) is 1.21. The highest BCUT2D eigenvalue weighted by Gasteiger charge is 2.45. The summed E-state index contributed by atoms with van der Waals surface area (Å²) in [7, 11) is -2.00. The van der Waals surface area contributed by atoms with Gasteiger partial charge in [-0.3, -0.25) is 0 Å². The first-order valence-electron chi connectivity index (χ1n) is 6.81. The average Bonchev–Trinajstić information content (AvgIpc) is 3.09. The number of ether oxygens (including phenoxy) is 1. The summed E-state index contributed by atoms with van der Waals surface area (Å²) in [4.78, 5) is 0.241. The Morgan fingerprint density at radius 3 is 2.75 bits per heavy atom. The number of halogens is 1. The minimum Gasteiger partial charge on any atom is -0.495 e. The summed E-state index contributed by atoms with van der Waals surface area (Å²) in [5, 5.41) is 0. The lowest BCUT2D eigenvalue weighted by molar-refractivity contribution is 0.330. The van der Waals surface area contributed by atoms with Crippen molar-refractivity contribution >= 4 is 21.6 Å². The molecule has 1 aromatic carbocycles. The summed E-state index contributed by atoms with van der Waals surface area (Å²) in [6, 6.07) is 5.27. The van der Waals surface area contributed by atoms with E-state index in [9.17, 15) is 8.42 Å². The molecular weight excluding hydrogens is 298 g/mol. The first-order valence-corrected chi connectivity index (χ1v) is 8.78. The lowest BCUT2D eigenvalue weighted by Gasteiger charge is -2.27. The largest absolute Gasteiger partial charge is 0.495 e. The van der Waals surface area contributed by atoms with Crippen LogP contribution in [0, 0.1) is 5.92 Å². The molecule has 4 nitrogen and oxygen atoms in total. The molecule has 1 aromatic rings. The Hall–Kier alpha value is -0.780. The molecule has 0 aromatic heterocycles. The third-order valence-electron chi connectivity index (χ3n) is 4.33. The highest BCUT2D eigenvalue weighted by Crippen LogP contribution is 2.42. The Balaban J connectivity index is 2.02. The molecule has 2 atom stereocenters. The summed E-state index contributed by atoms with van der Waals surface area (Å²) < 4.78 is 32.6. The van der Waals surface area contributed by atoms with Crippen LogP contribution in [0.3, 0.4) is 0 Å². The van der Waals surface area contributed by atoms with Crippen molar-refractivity contribution in [2.45, 2.75) is 36.1 Å². The molecule has 1 aliphatic heterocycles. The molecule has 1 saturated carbocycles. The van der Waals surface area contributed by atoms with Gasteiger partial charge >= 0.3 is 0 Å². The minimum absolute atomic E-state index is 0.161. The molecule has 2 bridgehead atoms. The van der Waals surface area contributed by atoms with Crippen molar-refractivity contribution in [3.8, 4) is 5.75 Å². The fraction of sp³-hybridized carbons (Fsp3) is 0.571. The summed E-state index contributed by atoms with van der Waals surface area (Å²) in [6.45, 7) is 0.640. The van der Waals surface area contributed by atoms with E-state index in [2.05, 4.69) is 0 Å². The number of sulfonamides is 1. The number of hydrogen-bond donors (Lipinski definition) is 0. The van der Waals surface area contributed by atoms with Crippen molar-refractivity contribution < 1.29 is 13.2 Å². The average molecular weight is 316 g/mol. The lowest BCUT2D eigenvalue weighted by atomic mass is 10.1. The van der Waals surface area contributed by atoms with E-state index in [4.69, 9.17) is 16.3 Å². The van der Waals surface area contributed by atoms with Crippen LogP contribution in [0.25, 0.3) is 0 Å². The van der Waals surface area contributed by atoms with Gasteiger partial charge in [-0.2, -0.15) is 4.31 Å². The Kier molecular flexibility index (Phi) is 3.69. The van der Waals surface area contributed by atoms with E-state index >= 15 is 0 Å². The third kappa shape index (κ3) is 2.22. The van der Waals surface area contributed by atoms with Crippen LogP contribution in [0.2, 0.25) is 0 Å². The molecule has 20 heavy (non-hydrogen) atoms. The summed E-state index contributed by atoms with van der Waals surface area (Å²) in [6.07, 6.45) is 3.12. The third-order valence-corrected chi connectivity index (χ3v) is 6.58. The van der Waals surface area contributed by atoms with Crippen LogP contribution < -0.4 is 4.74 Å². The number of rotatable bonds is 4. The SMILES string of the molecule is COc1ccc(CCl)cc1S(=O)(=O)N1CC2CCC1C2. The fourth-order valence-electron chi connectivity index (χ4n) is 3.31. The van der Waals surface area contributed by atoms with Gasteiger partial charge in [-0.25, -0.2) is 8.42 Å². The van der Waals surface area contributed by atoms with Gasteiger partial charge < -0.3 is 4.74 Å². The molecule has 0 N–H and O–H groups in total. The zero-order valence-electron chi connectivity index (χ0n) is 11.4. The Bertz CT molecular complexity index is 617. The van der Waals surface area contributed by atoms with Crippen molar-refractivity contribution in [2.24, 2.45) is 5.92 Å². The van der Waals surface area contributed by atoms with E-state index in [1.54, 1.807) is 22.5 Å². The van der Waals surface area contributed by atoms with Crippen LogP contribution >= 0.6 is 11.6 Å². The molecule has 0 spiro atoms. The standard InChI is InChI=1S/C14H18ClNO3S/c1-19-13-5-3-10(8-15)7-14(13)20(17,18)16-9-11-2-4-12(16)6-11/h3,5,7,11-12H,2,4,6,8-9H2,1H3. The molecule has 110 valence electrons. The van der Waals surface area contributed by atoms with Gasteiger partial charge in [0.15, 0.2) is 0 Å². The normalized spacial score (nSPS) is 26.1. The number of piperidine rings is 1. The molecule has 6 heteroatoms. The molecule has 3 rings (SSSR count). The fourth-order valence-corrected chi connectivity index (χ4v) is 5.42. The van der Waals surface area contributed by atoms with Gasteiger partial charge in [0.2, 0.25) is 10.0 Å². The van der Waals surface area contributed by atoms with Crippen LogP contribution in [0.1, 0.15) is 24.8 Å². The number of alkyl halides is 1. The Morgan fingerprint density at radius 2 is 2.20 bits per heavy atom. The smallest absolute Gasteiger partial charge is 0.247 e. The van der Waals surface area contributed by atoms with Crippen LogP contribution in [-0.4, -0.2) is 32.4 Å². The molecule has 1 saturated heterocycles. The second-order valence-corrected chi connectivity index (χ2v) is 7.65. The number of fused-ring (bicyclic) bond motifs is 2. The molecular formula is C14H18ClNO3S. The summed E-state index contributed by atoms with van der Waals surface area (Å²) in [5.41, 5.74) is 0.787. The Morgan fingerprint density at radius 1 is 1.40 bits per heavy atom. The molecule has 1 aliphatic carbocycles. The van der Waals surface area contributed by atoms with Crippen molar-refractivity contribution in [3.63, 3.8) is 0 Å². The zero-order valence-corrected chi connectivity index (χ0v) is 13.0. The highest BCUT2D eigenvalue weighted by atomic mass is 35.5. The van der Waals surface area contributed by atoms with Crippen LogP contribution in [0.4, 0.5) is 0 Å². The highest BCUT2D eigenvalue weighted by molar-refractivity contribution is 7.89. The van der Waals surface area contributed by atoms with Crippen molar-refractivity contribution in [1.82, 2.24) is 4.31 Å². The van der Waals surface area contributed by atoms with Gasteiger partial charge in [-0.1, -0.05) is 6.07 Å². The molecule has 2 unspecified atom stereocenters. The first kappa shape index (κ1) is 14.2. The van der Waals surface area contributed by atoms with E-state index in [0.717, 1.165) is 24.8 Å². The van der Waals surface area contributed by atoms with E-state index < -0.39 is 10.0 Å². The first-order chi connectivity index (χ1) is 9.56. The lowest BCUT2D eigenvalue weighted by Crippen LogP contribution is -2.37. The monoisotopic (exact) mass is 315 g/mol. The van der Waals surface area contributed by atoms with E-state index in [1.807, 2.05) is 0 Å². The van der Waals surface area contributed by atoms with E-state index in [0.29, 0.717) is 24.1 Å². The quantitative estimate of drug-likeness (QED) is 0.802. The van der Waals surface area contributed by atoms with E-state index in [-0.39, 0.29) is 10.9 Å². The number of hydrogen-bond acceptors (Lipinski definition) is 3. The zero-order chi connectivity index (χ0) is 14.3. The minimum atomic E-state index is -3.50. The number of methoxy groups -OCH3 is 1. The molecule has 0 amide bonds. The number of nitrogens with zero attached hydrogens (tertiary/aromatic N) is 1. The molecule has 2 aliphatic rings. The van der Waals surface area contributed by atoms with Gasteiger partial charge in [0, 0.05) is 18.5 Å². The molecule has 1 heterocycles. The topological polar surface area (TPSA) is 46.6 Å². The molecule has 2 fully saturated rings. The van der Waals surface area contributed by atoms with Crippen LogP contribution in [0.15, 0.2) is 23.1 Å². The molecule has 0 radical (unpaired) electrons.